The molecule has 0 unspecified atom stereocenters. The van der Waals surface area contributed by atoms with E-state index in [0.717, 1.165) is 0 Å². The molecule has 5 heteroatoms. The number of dihydropyridines is 1. The molecule has 0 aromatic rings. The van der Waals surface area contributed by atoms with Gasteiger partial charge in [-0.25, -0.2) is 9.59 Å². The normalized spacial score (nSPS) is 21.7. The van der Waals surface area contributed by atoms with E-state index in [4.69, 9.17) is 10.2 Å². The summed E-state index contributed by atoms with van der Waals surface area (Å²) in [5, 5.41) is 17.0. The first-order valence-electron chi connectivity index (χ1n) is 3.31. The molecule has 0 bridgehead atoms. The number of nitrogens with zero attached hydrogens (tertiary/aromatic N) is 1. The van der Waals surface area contributed by atoms with E-state index in [2.05, 4.69) is 4.99 Å². The number of hydrogen-bond acceptors (Lipinski definition) is 3. The Morgan fingerprint density at radius 2 is 2.17 bits per heavy atom. The van der Waals surface area contributed by atoms with Crippen LogP contribution >= 0.6 is 0 Å². The highest BCUT2D eigenvalue weighted by molar-refractivity contribution is 6.40. The summed E-state index contributed by atoms with van der Waals surface area (Å²) >= 11 is 0. The summed E-state index contributed by atoms with van der Waals surface area (Å²) in [6.07, 6.45) is 3.06. The fourth-order valence-electron chi connectivity index (χ4n) is 0.855. The number of aliphatic imine (C=N–C) groups is 1. The predicted molar refractivity (Wildman–Crippen MR) is 40.3 cm³/mol. The molecule has 1 atom stereocenters. The van der Waals surface area contributed by atoms with Gasteiger partial charge in [0.2, 0.25) is 0 Å². The van der Waals surface area contributed by atoms with E-state index in [9.17, 15) is 9.59 Å². The van der Waals surface area contributed by atoms with E-state index >= 15 is 0 Å². The lowest BCUT2D eigenvalue weighted by molar-refractivity contribution is -0.138. The zero-order valence-corrected chi connectivity index (χ0v) is 6.10. The van der Waals surface area contributed by atoms with Crippen LogP contribution in [-0.4, -0.2) is 33.9 Å². The van der Waals surface area contributed by atoms with Gasteiger partial charge in [-0.05, 0) is 12.5 Å². The Labute approximate surface area is 68.0 Å². The number of rotatable bonds is 2. The zero-order valence-electron chi connectivity index (χ0n) is 6.10. The van der Waals surface area contributed by atoms with Gasteiger partial charge in [-0.3, -0.25) is 4.99 Å². The lowest BCUT2D eigenvalue weighted by Crippen LogP contribution is -2.24. The minimum atomic E-state index is -1.20. The third kappa shape index (κ3) is 1.69. The molecule has 64 valence electrons. The van der Waals surface area contributed by atoms with Crippen LogP contribution in [0.25, 0.3) is 0 Å². The predicted octanol–water partition coefficient (Wildman–Crippen LogP) is -0.0749. The fraction of sp³-hybridized carbons (Fsp3) is 0.286. The molecule has 0 amide bonds. The van der Waals surface area contributed by atoms with Gasteiger partial charge < -0.3 is 10.2 Å². The van der Waals surface area contributed by atoms with Gasteiger partial charge in [-0.2, -0.15) is 0 Å². The Balaban J connectivity index is 2.82. The van der Waals surface area contributed by atoms with Gasteiger partial charge >= 0.3 is 11.9 Å². The molecule has 5 nitrogen and oxygen atoms in total. The van der Waals surface area contributed by atoms with Gasteiger partial charge in [0, 0.05) is 0 Å². The zero-order chi connectivity index (χ0) is 9.14. The van der Waals surface area contributed by atoms with Crippen molar-refractivity contribution in [2.24, 2.45) is 4.99 Å². The molecule has 0 aromatic carbocycles. The molecule has 0 saturated heterocycles. The Hall–Kier alpha value is -1.65. The second kappa shape index (κ2) is 3.17. The van der Waals surface area contributed by atoms with Crippen LogP contribution in [0.2, 0.25) is 0 Å². The smallest absolute Gasteiger partial charge is 0.354 e. The van der Waals surface area contributed by atoms with Crippen molar-refractivity contribution in [3.8, 4) is 0 Å². The molecule has 0 aromatic heterocycles. The quantitative estimate of drug-likeness (QED) is 0.605. The highest BCUT2D eigenvalue weighted by Crippen LogP contribution is 2.06. The van der Waals surface area contributed by atoms with Crippen molar-refractivity contribution in [2.75, 3.05) is 0 Å². The minimum absolute atomic E-state index is 0.200. The number of aliphatic carboxylic acids is 2. The minimum Gasteiger partial charge on any atom is -0.480 e. The summed E-state index contributed by atoms with van der Waals surface area (Å²) in [5.41, 5.74) is -0.200. The van der Waals surface area contributed by atoms with Crippen molar-refractivity contribution >= 4 is 17.7 Å². The molecule has 0 fully saturated rings. The van der Waals surface area contributed by atoms with Crippen molar-refractivity contribution < 1.29 is 19.8 Å². The van der Waals surface area contributed by atoms with Crippen LogP contribution < -0.4 is 0 Å². The summed E-state index contributed by atoms with van der Waals surface area (Å²) in [7, 11) is 0. The maximum absolute atomic E-state index is 10.4. The van der Waals surface area contributed by atoms with Crippen molar-refractivity contribution in [3.05, 3.63) is 12.2 Å². The summed E-state index contributed by atoms with van der Waals surface area (Å²) in [5.74, 6) is -2.30. The van der Waals surface area contributed by atoms with Gasteiger partial charge in [0.15, 0.2) is 6.04 Å². The maximum Gasteiger partial charge on any atom is 0.354 e. The number of carboxylic acid groups (broad SMARTS) is 2. The lowest BCUT2D eigenvalue weighted by Gasteiger charge is -2.08. The summed E-state index contributed by atoms with van der Waals surface area (Å²) < 4.78 is 0. The second-order valence-corrected chi connectivity index (χ2v) is 2.31. The van der Waals surface area contributed by atoms with Crippen molar-refractivity contribution in [1.82, 2.24) is 0 Å². The molecule has 0 radical (unpaired) electrons. The Morgan fingerprint density at radius 1 is 1.50 bits per heavy atom. The Morgan fingerprint density at radius 3 is 2.67 bits per heavy atom. The lowest BCUT2D eigenvalue weighted by atomic mass is 10.1. The van der Waals surface area contributed by atoms with Crippen LogP contribution in [0, 0.1) is 0 Å². The van der Waals surface area contributed by atoms with E-state index in [0.29, 0.717) is 0 Å². The van der Waals surface area contributed by atoms with E-state index in [1.165, 1.54) is 12.2 Å². The third-order valence-electron chi connectivity index (χ3n) is 1.43. The molecule has 0 spiro atoms. The average Bonchev–Trinajstić information content (AvgIpc) is 2.04. The molecule has 0 saturated carbocycles. The van der Waals surface area contributed by atoms with E-state index < -0.39 is 18.0 Å². The molecule has 1 aliphatic rings. The highest BCUT2D eigenvalue weighted by Gasteiger charge is 2.20. The molecule has 1 heterocycles. The van der Waals surface area contributed by atoms with E-state index in [-0.39, 0.29) is 12.1 Å². The van der Waals surface area contributed by atoms with Crippen molar-refractivity contribution in [2.45, 2.75) is 12.5 Å². The van der Waals surface area contributed by atoms with Crippen LogP contribution in [0.5, 0.6) is 0 Å². The first-order chi connectivity index (χ1) is 5.61. The van der Waals surface area contributed by atoms with Crippen LogP contribution in [0.15, 0.2) is 17.1 Å². The van der Waals surface area contributed by atoms with E-state index in [1.54, 1.807) is 0 Å². The van der Waals surface area contributed by atoms with Gasteiger partial charge in [0.1, 0.15) is 5.71 Å². The van der Waals surface area contributed by atoms with Crippen molar-refractivity contribution in [1.29, 1.82) is 0 Å². The summed E-state index contributed by atoms with van der Waals surface area (Å²) in [6, 6.07) is -0.943. The van der Waals surface area contributed by atoms with Crippen LogP contribution in [0.3, 0.4) is 0 Å². The van der Waals surface area contributed by atoms with Gasteiger partial charge in [0.25, 0.3) is 0 Å². The van der Waals surface area contributed by atoms with Crippen LogP contribution in [0.4, 0.5) is 0 Å². The molecular formula is C7H7NO4. The standard InChI is InChI=1S/C7H7NO4/c9-6(10)4-2-1-3-5(8-4)7(11)12/h1-2,5H,3H2,(H,9,10)(H,11,12)/t5-/m0/s1. The molecule has 2 N–H and O–H groups in total. The maximum atomic E-state index is 10.4. The molecular weight excluding hydrogens is 162 g/mol. The number of hydrogen-bond donors (Lipinski definition) is 2. The highest BCUT2D eigenvalue weighted by atomic mass is 16.4. The second-order valence-electron chi connectivity index (χ2n) is 2.31. The SMILES string of the molecule is O=C(O)C1=N[C@H](C(=O)O)CC=C1. The third-order valence-corrected chi connectivity index (χ3v) is 1.43. The largest absolute Gasteiger partial charge is 0.480 e. The topological polar surface area (TPSA) is 87.0 Å². The van der Waals surface area contributed by atoms with Gasteiger partial charge in [-0.15, -0.1) is 0 Å². The number of carboxylic acids is 2. The molecule has 1 rings (SSSR count). The molecule has 1 aliphatic heterocycles. The first-order valence-corrected chi connectivity index (χ1v) is 3.31. The number of carbonyl (C=O) groups is 2. The molecule has 0 aliphatic carbocycles. The summed E-state index contributed by atoms with van der Waals surface area (Å²) in [4.78, 5) is 24.2. The summed E-state index contributed by atoms with van der Waals surface area (Å²) in [6.45, 7) is 0. The van der Waals surface area contributed by atoms with Crippen molar-refractivity contribution in [3.63, 3.8) is 0 Å². The average molecular weight is 169 g/mol. The monoisotopic (exact) mass is 169 g/mol. The van der Waals surface area contributed by atoms with Gasteiger partial charge in [-0.1, -0.05) is 6.08 Å². The van der Waals surface area contributed by atoms with Crippen LogP contribution in [-0.2, 0) is 9.59 Å². The Bertz CT molecular complexity index is 279. The Kier molecular flexibility index (Phi) is 2.23. The van der Waals surface area contributed by atoms with Crippen LogP contribution in [0.1, 0.15) is 6.42 Å². The van der Waals surface area contributed by atoms with E-state index in [1.807, 2.05) is 0 Å². The molecule has 12 heavy (non-hydrogen) atoms. The first kappa shape index (κ1) is 8.45. The van der Waals surface area contributed by atoms with Gasteiger partial charge in [0.05, 0.1) is 0 Å². The fourth-order valence-corrected chi connectivity index (χ4v) is 0.855.